The number of allylic oxidation sites excluding steroid dienone is 1. The lowest BCUT2D eigenvalue weighted by atomic mass is 10.1. The second-order valence-electron chi connectivity index (χ2n) is 2.87. The average Bonchev–Trinajstić information content (AvgIpc) is 2.30. The maximum atomic E-state index is 11.8. The summed E-state index contributed by atoms with van der Waals surface area (Å²) < 4.78 is 15.1. The van der Waals surface area contributed by atoms with Crippen molar-refractivity contribution in [3.05, 3.63) is 41.6 Å². The summed E-state index contributed by atoms with van der Waals surface area (Å²) in [7, 11) is 0. The third-order valence-electron chi connectivity index (χ3n) is 1.91. The van der Waals surface area contributed by atoms with Gasteiger partial charge < -0.3 is 11.5 Å². The van der Waals surface area contributed by atoms with Crippen LogP contribution in [0.2, 0.25) is 0 Å². The lowest BCUT2D eigenvalue weighted by Gasteiger charge is -2.01. The zero-order valence-electron chi connectivity index (χ0n) is 8.26. The van der Waals surface area contributed by atoms with Crippen LogP contribution in [0.3, 0.4) is 0 Å². The largest absolute Gasteiger partial charge is 0.404 e. The molecule has 4 nitrogen and oxygen atoms in total. The average molecular weight is 239 g/mol. The fraction of sp³-hybridized carbons (Fsp3) is 0. The summed E-state index contributed by atoms with van der Waals surface area (Å²) in [6.07, 6.45) is 2.60. The van der Waals surface area contributed by atoms with E-state index >= 15 is 0 Å². The summed E-state index contributed by atoms with van der Waals surface area (Å²) >= 11 is -0.153. The number of nitrogens with two attached hydrogens (primary N) is 2. The maximum absolute atomic E-state index is 11.8. The lowest BCUT2D eigenvalue weighted by molar-refractivity contribution is 0.100. The Morgan fingerprint density at radius 2 is 1.88 bits per heavy atom. The number of rotatable bonds is 4. The van der Waals surface area contributed by atoms with Crippen molar-refractivity contribution in [2.24, 2.45) is 15.9 Å². The maximum Gasteiger partial charge on any atom is 0.248 e. The van der Waals surface area contributed by atoms with Crippen LogP contribution in [0.1, 0.15) is 15.9 Å². The monoisotopic (exact) mass is 239 g/mol. The van der Waals surface area contributed by atoms with Crippen LogP contribution in [0.15, 0.2) is 34.9 Å². The molecule has 0 aromatic heterocycles. The number of halogens is 1. The SMILES string of the molecule is N/C=C(\C=N\SF)c1ccc(C(N)=O)cc1. The Kier molecular flexibility index (Phi) is 4.53. The molecule has 0 fully saturated rings. The molecule has 1 aromatic carbocycles. The Morgan fingerprint density at radius 1 is 1.31 bits per heavy atom. The van der Waals surface area contributed by atoms with E-state index in [4.69, 9.17) is 11.5 Å². The minimum absolute atomic E-state index is 0.153. The van der Waals surface area contributed by atoms with Crippen molar-refractivity contribution in [3.8, 4) is 0 Å². The molecule has 84 valence electrons. The number of hydrogen-bond acceptors (Lipinski definition) is 4. The molecular formula is C10H10FN3OS. The molecular weight excluding hydrogens is 229 g/mol. The minimum Gasteiger partial charge on any atom is -0.404 e. The predicted octanol–water partition coefficient (Wildman–Crippen LogP) is 1.69. The molecule has 1 aromatic rings. The van der Waals surface area contributed by atoms with Crippen LogP contribution in [0.4, 0.5) is 3.89 Å². The molecule has 0 aliphatic rings. The molecule has 0 heterocycles. The summed E-state index contributed by atoms with van der Waals surface area (Å²) in [5.41, 5.74) is 12.1. The first-order valence-corrected chi connectivity index (χ1v) is 4.99. The molecule has 0 saturated carbocycles. The first-order valence-electron chi connectivity index (χ1n) is 4.32. The molecule has 0 unspecified atom stereocenters. The van der Waals surface area contributed by atoms with E-state index in [0.717, 1.165) is 5.56 Å². The van der Waals surface area contributed by atoms with Crippen LogP contribution in [-0.4, -0.2) is 12.1 Å². The minimum atomic E-state index is -0.502. The molecule has 0 aliphatic carbocycles. The van der Waals surface area contributed by atoms with Gasteiger partial charge in [-0.2, -0.15) is 4.40 Å². The Morgan fingerprint density at radius 3 is 2.31 bits per heavy atom. The van der Waals surface area contributed by atoms with Gasteiger partial charge in [0.05, 0.1) is 0 Å². The quantitative estimate of drug-likeness (QED) is 0.619. The van der Waals surface area contributed by atoms with Crippen LogP contribution in [0.25, 0.3) is 5.57 Å². The van der Waals surface area contributed by atoms with Gasteiger partial charge in [0.1, 0.15) is 0 Å². The summed E-state index contributed by atoms with van der Waals surface area (Å²) in [5, 5.41) is 0. The molecule has 4 N–H and O–H groups in total. The van der Waals surface area contributed by atoms with Gasteiger partial charge in [-0.25, -0.2) is 0 Å². The van der Waals surface area contributed by atoms with E-state index in [-0.39, 0.29) is 12.3 Å². The third-order valence-corrected chi connectivity index (χ3v) is 2.10. The number of nitrogens with zero attached hydrogens (tertiary/aromatic N) is 1. The molecule has 0 atom stereocenters. The first-order chi connectivity index (χ1) is 7.69. The van der Waals surface area contributed by atoms with Crippen LogP contribution < -0.4 is 11.5 Å². The molecule has 0 spiro atoms. The van der Waals surface area contributed by atoms with Crippen LogP contribution in [0.5, 0.6) is 0 Å². The van der Waals surface area contributed by atoms with Gasteiger partial charge in [-0.1, -0.05) is 12.1 Å². The smallest absolute Gasteiger partial charge is 0.248 e. The lowest BCUT2D eigenvalue weighted by Crippen LogP contribution is -2.10. The van der Waals surface area contributed by atoms with E-state index in [9.17, 15) is 8.68 Å². The highest BCUT2D eigenvalue weighted by Crippen LogP contribution is 2.14. The highest BCUT2D eigenvalue weighted by atomic mass is 32.2. The Labute approximate surface area is 96.7 Å². The van der Waals surface area contributed by atoms with E-state index in [2.05, 4.69) is 4.40 Å². The van der Waals surface area contributed by atoms with Gasteiger partial charge in [-0.3, -0.25) is 4.79 Å². The van der Waals surface area contributed by atoms with E-state index in [1.165, 1.54) is 12.4 Å². The molecule has 1 amide bonds. The Hall–Kier alpha value is -1.82. The van der Waals surface area contributed by atoms with Crippen LogP contribution in [0, 0.1) is 0 Å². The van der Waals surface area contributed by atoms with Crippen molar-refractivity contribution in [2.75, 3.05) is 0 Å². The van der Waals surface area contributed by atoms with Gasteiger partial charge in [0.2, 0.25) is 5.91 Å². The highest BCUT2D eigenvalue weighted by Gasteiger charge is 2.02. The van der Waals surface area contributed by atoms with Gasteiger partial charge in [0, 0.05) is 23.6 Å². The van der Waals surface area contributed by atoms with Crippen molar-refractivity contribution in [3.63, 3.8) is 0 Å². The highest BCUT2D eigenvalue weighted by molar-refractivity contribution is 7.93. The fourth-order valence-electron chi connectivity index (χ4n) is 1.12. The molecule has 0 radical (unpaired) electrons. The normalized spacial score (nSPS) is 11.9. The number of hydrogen-bond donors (Lipinski definition) is 2. The number of amides is 1. The molecule has 1 rings (SSSR count). The van der Waals surface area contributed by atoms with Gasteiger partial charge in [0.15, 0.2) is 12.3 Å². The summed E-state index contributed by atoms with van der Waals surface area (Å²) in [6.45, 7) is 0. The Balaban J connectivity index is 2.96. The van der Waals surface area contributed by atoms with Crippen molar-refractivity contribution < 1.29 is 8.68 Å². The number of carbonyl (C=O) groups is 1. The Bertz CT molecular complexity index is 428. The van der Waals surface area contributed by atoms with Crippen LogP contribution in [-0.2, 0) is 0 Å². The standard InChI is InChI=1S/C10H10FN3OS/c11-16-14-6-9(5-12)7-1-3-8(4-2-7)10(13)15/h1-6H,12H2,(H2,13,15)/b9-5+,14-6+. The fourth-order valence-corrected chi connectivity index (χ4v) is 1.27. The molecule has 0 aliphatic heterocycles. The topological polar surface area (TPSA) is 81.5 Å². The third kappa shape index (κ3) is 3.09. The number of primary amides is 1. The van der Waals surface area contributed by atoms with Crippen molar-refractivity contribution in [1.82, 2.24) is 0 Å². The molecule has 16 heavy (non-hydrogen) atoms. The van der Waals surface area contributed by atoms with E-state index < -0.39 is 5.91 Å². The second-order valence-corrected chi connectivity index (χ2v) is 3.22. The van der Waals surface area contributed by atoms with Crippen LogP contribution >= 0.6 is 12.3 Å². The van der Waals surface area contributed by atoms with Gasteiger partial charge in [-0.15, -0.1) is 3.89 Å². The zero-order chi connectivity index (χ0) is 12.0. The summed E-state index contributed by atoms with van der Waals surface area (Å²) in [4.78, 5) is 10.8. The van der Waals surface area contributed by atoms with Crippen molar-refractivity contribution in [1.29, 1.82) is 0 Å². The van der Waals surface area contributed by atoms with Gasteiger partial charge >= 0.3 is 0 Å². The zero-order valence-corrected chi connectivity index (χ0v) is 9.08. The number of benzene rings is 1. The van der Waals surface area contributed by atoms with Crippen molar-refractivity contribution >= 4 is 30.0 Å². The van der Waals surface area contributed by atoms with Gasteiger partial charge in [0.25, 0.3) is 0 Å². The number of carbonyl (C=O) groups excluding carboxylic acids is 1. The second kappa shape index (κ2) is 5.92. The molecule has 0 saturated heterocycles. The van der Waals surface area contributed by atoms with E-state index in [0.29, 0.717) is 11.1 Å². The molecule has 6 heteroatoms. The summed E-state index contributed by atoms with van der Waals surface area (Å²) in [5.74, 6) is -0.502. The summed E-state index contributed by atoms with van der Waals surface area (Å²) in [6, 6.07) is 6.45. The predicted molar refractivity (Wildman–Crippen MR) is 64.3 cm³/mol. The van der Waals surface area contributed by atoms with Crippen molar-refractivity contribution in [2.45, 2.75) is 0 Å². The van der Waals surface area contributed by atoms with E-state index in [1.54, 1.807) is 24.3 Å². The van der Waals surface area contributed by atoms with Gasteiger partial charge in [-0.05, 0) is 17.7 Å². The first kappa shape index (κ1) is 12.3. The molecule has 0 bridgehead atoms. The van der Waals surface area contributed by atoms with E-state index in [1.807, 2.05) is 0 Å².